The summed E-state index contributed by atoms with van der Waals surface area (Å²) in [5.41, 5.74) is 0. The molecule has 0 saturated carbocycles. The molecule has 20 heavy (non-hydrogen) atoms. The molecule has 0 aliphatic rings. The number of halogens is 9. The highest BCUT2D eigenvalue weighted by atomic mass is 32.2. The fraction of sp³-hybridized carbons (Fsp3) is 1.00. The maximum Gasteiger partial charge on any atom is 0.460 e. The third-order valence-corrected chi connectivity index (χ3v) is 4.28. The number of sulfonamides is 1. The lowest BCUT2D eigenvalue weighted by molar-refractivity contribution is -0.382. The van der Waals surface area contributed by atoms with Crippen molar-refractivity contribution in [1.29, 1.82) is 0 Å². The summed E-state index contributed by atoms with van der Waals surface area (Å²) in [7, 11) is -6.10. The second kappa shape index (κ2) is 4.93. The summed E-state index contributed by atoms with van der Waals surface area (Å²) in [6.07, 6.45) is -7.06. The van der Waals surface area contributed by atoms with Crippen LogP contribution in [0.1, 0.15) is 6.92 Å². The minimum Gasteiger partial charge on any atom is -0.206 e. The monoisotopic (exact) mass is 341 g/mol. The van der Waals surface area contributed by atoms with E-state index < -0.39 is 44.1 Å². The van der Waals surface area contributed by atoms with Gasteiger partial charge in [-0.2, -0.15) is 43.8 Å². The predicted molar refractivity (Wildman–Crippen MR) is 48.1 cm³/mol. The molecule has 0 aliphatic carbocycles. The average molecular weight is 341 g/mol. The number of alkyl halides is 9. The number of hydrogen-bond acceptors (Lipinski definition) is 2. The molecule has 0 amide bonds. The van der Waals surface area contributed by atoms with Gasteiger partial charge in [0.15, 0.2) is 0 Å². The van der Waals surface area contributed by atoms with Crippen LogP contribution in [0.5, 0.6) is 0 Å². The molecule has 122 valence electrons. The molecule has 0 N–H and O–H groups in total. The molecule has 3 nitrogen and oxygen atoms in total. The number of hydrogen-bond donors (Lipinski definition) is 0. The van der Waals surface area contributed by atoms with Crippen LogP contribution in [0.4, 0.5) is 39.5 Å². The van der Waals surface area contributed by atoms with Crippen molar-refractivity contribution in [3.63, 3.8) is 0 Å². The molecule has 0 aromatic heterocycles. The third kappa shape index (κ3) is 2.44. The van der Waals surface area contributed by atoms with E-state index in [0.717, 1.165) is 6.92 Å². The minimum absolute atomic E-state index is 0.324. The Bertz CT molecular complexity index is 455. The number of rotatable bonds is 5. The molecule has 0 rings (SSSR count). The summed E-state index contributed by atoms with van der Waals surface area (Å²) < 4.78 is 134. The summed E-state index contributed by atoms with van der Waals surface area (Å²) in [5, 5.41) is -6.65. The lowest BCUT2D eigenvalue weighted by Gasteiger charge is -2.34. The van der Waals surface area contributed by atoms with Crippen molar-refractivity contribution in [2.24, 2.45) is 0 Å². The van der Waals surface area contributed by atoms with Crippen molar-refractivity contribution in [3.8, 4) is 0 Å². The van der Waals surface area contributed by atoms with Crippen molar-refractivity contribution in [2.75, 3.05) is 13.6 Å². The molecule has 0 aromatic rings. The van der Waals surface area contributed by atoms with Crippen LogP contribution in [0.15, 0.2) is 0 Å². The van der Waals surface area contributed by atoms with Gasteiger partial charge in [-0.05, 0) is 0 Å². The van der Waals surface area contributed by atoms with Crippen molar-refractivity contribution in [3.05, 3.63) is 0 Å². The zero-order valence-corrected chi connectivity index (χ0v) is 10.6. The zero-order chi connectivity index (χ0) is 16.8. The van der Waals surface area contributed by atoms with E-state index in [1.807, 2.05) is 0 Å². The van der Waals surface area contributed by atoms with E-state index in [2.05, 4.69) is 0 Å². The first-order valence-corrected chi connectivity index (χ1v) is 6.08. The maximum atomic E-state index is 13.1. The van der Waals surface area contributed by atoms with Crippen molar-refractivity contribution >= 4 is 10.0 Å². The summed E-state index contributed by atoms with van der Waals surface area (Å²) in [6.45, 7) is 0.0409. The lowest BCUT2D eigenvalue weighted by Crippen LogP contribution is -2.64. The largest absolute Gasteiger partial charge is 0.460 e. The fourth-order valence-electron chi connectivity index (χ4n) is 0.888. The van der Waals surface area contributed by atoms with Gasteiger partial charge in [0.05, 0.1) is 0 Å². The second-order valence-corrected chi connectivity index (χ2v) is 5.67. The third-order valence-electron chi connectivity index (χ3n) is 2.30. The molecule has 0 aliphatic heterocycles. The highest BCUT2D eigenvalue weighted by molar-refractivity contribution is 7.90. The van der Waals surface area contributed by atoms with Gasteiger partial charge in [-0.15, -0.1) is 0 Å². The van der Waals surface area contributed by atoms with E-state index in [1.165, 1.54) is 0 Å². The van der Waals surface area contributed by atoms with Crippen LogP contribution in [0.25, 0.3) is 0 Å². The lowest BCUT2D eigenvalue weighted by atomic mass is 10.1. The Balaban J connectivity index is 6.08. The van der Waals surface area contributed by atoms with E-state index >= 15 is 0 Å². The molecule has 0 aromatic carbocycles. The normalized spacial score (nSPS) is 15.8. The summed E-state index contributed by atoms with van der Waals surface area (Å²) in [5.74, 6) is -14.4. The van der Waals surface area contributed by atoms with E-state index in [9.17, 15) is 47.9 Å². The highest BCUT2D eigenvalue weighted by Gasteiger charge is 2.85. The van der Waals surface area contributed by atoms with Gasteiger partial charge in [-0.25, -0.2) is 8.42 Å². The Labute approximate surface area is 107 Å². The summed E-state index contributed by atoms with van der Waals surface area (Å²) in [4.78, 5) is 0. The van der Waals surface area contributed by atoms with Gasteiger partial charge in [-0.1, -0.05) is 6.92 Å². The Morgan fingerprint density at radius 2 is 1.20 bits per heavy atom. The second-order valence-electron chi connectivity index (χ2n) is 3.58. The zero-order valence-electron chi connectivity index (χ0n) is 9.78. The van der Waals surface area contributed by atoms with Crippen LogP contribution in [-0.4, -0.2) is 49.6 Å². The summed E-state index contributed by atoms with van der Waals surface area (Å²) in [6, 6.07) is 0. The van der Waals surface area contributed by atoms with Crippen LogP contribution in [0.3, 0.4) is 0 Å². The van der Waals surface area contributed by atoms with Gasteiger partial charge in [0.1, 0.15) is 0 Å². The molecule has 13 heteroatoms. The average Bonchev–Trinajstić information content (AvgIpc) is 2.25. The molecule has 0 atom stereocenters. The molecular formula is C7H8F9NO2S. The van der Waals surface area contributed by atoms with Crippen LogP contribution < -0.4 is 0 Å². The quantitative estimate of drug-likeness (QED) is 0.721. The first kappa shape index (κ1) is 19.3. The topological polar surface area (TPSA) is 37.4 Å². The van der Waals surface area contributed by atoms with Gasteiger partial charge in [-0.3, -0.25) is 0 Å². The molecular weight excluding hydrogens is 333 g/mol. The van der Waals surface area contributed by atoms with E-state index in [-0.39, 0.29) is 0 Å². The molecule has 0 heterocycles. The number of nitrogens with zero attached hydrogens (tertiary/aromatic N) is 1. The van der Waals surface area contributed by atoms with Gasteiger partial charge < -0.3 is 0 Å². The van der Waals surface area contributed by atoms with Crippen LogP contribution in [-0.2, 0) is 10.0 Å². The molecule has 0 radical (unpaired) electrons. The molecule has 0 bridgehead atoms. The fourth-order valence-corrected chi connectivity index (χ4v) is 2.07. The minimum atomic E-state index is -7.23. The Morgan fingerprint density at radius 1 is 0.850 bits per heavy atom. The first-order chi connectivity index (χ1) is 8.48. The first-order valence-electron chi connectivity index (χ1n) is 4.64. The standard InChI is InChI=1S/C7H8F9NO2S/c1-3-17(2)20(18,19)7(15,16)5(10,11)4(8,9)6(12,13)14/h3H2,1-2H3. The molecule has 0 fully saturated rings. The van der Waals surface area contributed by atoms with Crippen LogP contribution >= 0.6 is 0 Å². The van der Waals surface area contributed by atoms with E-state index in [4.69, 9.17) is 0 Å². The van der Waals surface area contributed by atoms with E-state index in [1.54, 1.807) is 0 Å². The van der Waals surface area contributed by atoms with Gasteiger partial charge in [0.25, 0.3) is 10.0 Å². The van der Waals surface area contributed by atoms with Gasteiger partial charge in [0.2, 0.25) is 0 Å². The van der Waals surface area contributed by atoms with Crippen molar-refractivity contribution in [2.45, 2.75) is 30.2 Å². The van der Waals surface area contributed by atoms with Crippen LogP contribution in [0.2, 0.25) is 0 Å². The Hall–Kier alpha value is -0.720. The maximum absolute atomic E-state index is 13.1. The van der Waals surface area contributed by atoms with Gasteiger partial charge in [0, 0.05) is 13.6 Å². The van der Waals surface area contributed by atoms with Crippen molar-refractivity contribution < 1.29 is 47.9 Å². The Morgan fingerprint density at radius 3 is 1.45 bits per heavy atom. The molecule has 0 unspecified atom stereocenters. The SMILES string of the molecule is CCN(C)S(=O)(=O)C(F)(F)C(F)(F)C(F)(F)C(F)(F)F. The molecule has 0 spiro atoms. The van der Waals surface area contributed by atoms with Gasteiger partial charge >= 0.3 is 23.3 Å². The predicted octanol–water partition coefficient (Wildman–Crippen LogP) is 2.69. The summed E-state index contributed by atoms with van der Waals surface area (Å²) >= 11 is 0. The highest BCUT2D eigenvalue weighted by Crippen LogP contribution is 2.55. The van der Waals surface area contributed by atoms with Crippen LogP contribution in [0, 0.1) is 0 Å². The van der Waals surface area contributed by atoms with Crippen molar-refractivity contribution in [1.82, 2.24) is 4.31 Å². The Kier molecular flexibility index (Phi) is 4.75. The van der Waals surface area contributed by atoms with E-state index in [0.29, 0.717) is 7.05 Å². The smallest absolute Gasteiger partial charge is 0.206 e. The molecule has 0 saturated heterocycles.